The molecule has 184 valence electrons. The van der Waals surface area contributed by atoms with Crippen LogP contribution in [0.15, 0.2) is 12.2 Å². The van der Waals surface area contributed by atoms with Gasteiger partial charge in [-0.2, -0.15) is 10.5 Å². The van der Waals surface area contributed by atoms with Crippen molar-refractivity contribution in [3.05, 3.63) is 12.2 Å². The van der Waals surface area contributed by atoms with E-state index in [9.17, 15) is 14.4 Å². The second-order valence-corrected chi connectivity index (χ2v) is 7.89. The summed E-state index contributed by atoms with van der Waals surface area (Å²) in [6.07, 6.45) is 3.98. The van der Waals surface area contributed by atoms with Crippen LogP contribution in [0.3, 0.4) is 0 Å². The minimum absolute atomic E-state index is 0.140. The van der Waals surface area contributed by atoms with E-state index in [1.807, 2.05) is 20.9 Å². The van der Waals surface area contributed by atoms with Crippen molar-refractivity contribution in [2.45, 2.75) is 38.7 Å². The SMILES string of the molecule is COC(C)(C)CCN(C)ONCCOCCOCCNC(=O)CCCN1C(=O)C=CC1=O. The van der Waals surface area contributed by atoms with Crippen LogP contribution in [-0.4, -0.2) is 100 Å². The van der Waals surface area contributed by atoms with Gasteiger partial charge < -0.3 is 19.5 Å². The molecule has 0 atom stereocenters. The second kappa shape index (κ2) is 15.8. The number of amides is 3. The summed E-state index contributed by atoms with van der Waals surface area (Å²) in [5, 5.41) is 4.44. The Morgan fingerprint density at radius 3 is 2.31 bits per heavy atom. The summed E-state index contributed by atoms with van der Waals surface area (Å²) in [6.45, 7) is 7.70. The number of imide groups is 1. The van der Waals surface area contributed by atoms with Crippen LogP contribution in [0.4, 0.5) is 0 Å². The average Bonchev–Trinajstić information content (AvgIpc) is 3.08. The van der Waals surface area contributed by atoms with Crippen LogP contribution >= 0.6 is 0 Å². The maximum atomic E-state index is 11.7. The minimum Gasteiger partial charge on any atom is -0.379 e. The molecule has 0 spiro atoms. The van der Waals surface area contributed by atoms with Gasteiger partial charge in [-0.15, -0.1) is 0 Å². The molecule has 0 aliphatic carbocycles. The van der Waals surface area contributed by atoms with E-state index in [2.05, 4.69) is 10.8 Å². The summed E-state index contributed by atoms with van der Waals surface area (Å²) >= 11 is 0. The largest absolute Gasteiger partial charge is 0.379 e. The fourth-order valence-corrected chi connectivity index (χ4v) is 2.57. The van der Waals surface area contributed by atoms with E-state index >= 15 is 0 Å². The highest BCUT2D eigenvalue weighted by atomic mass is 16.8. The fraction of sp³-hybridized carbons (Fsp3) is 0.762. The Hall–Kier alpha value is -1.89. The highest BCUT2D eigenvalue weighted by molar-refractivity contribution is 6.12. The lowest BCUT2D eigenvalue weighted by Crippen LogP contribution is -2.35. The molecule has 0 saturated heterocycles. The van der Waals surface area contributed by atoms with Crippen molar-refractivity contribution < 1.29 is 33.5 Å². The number of hydrogen-bond donors (Lipinski definition) is 2. The third-order valence-corrected chi connectivity index (χ3v) is 4.78. The summed E-state index contributed by atoms with van der Waals surface area (Å²) in [5.41, 5.74) is 2.65. The second-order valence-electron chi connectivity index (χ2n) is 7.89. The number of carbonyl (C=O) groups is 3. The Kier molecular flexibility index (Phi) is 13.9. The average molecular weight is 459 g/mol. The highest BCUT2D eigenvalue weighted by Crippen LogP contribution is 2.12. The number of carbonyl (C=O) groups excluding carboxylic acids is 3. The van der Waals surface area contributed by atoms with E-state index in [-0.39, 0.29) is 36.3 Å². The van der Waals surface area contributed by atoms with Gasteiger partial charge in [0.15, 0.2) is 0 Å². The van der Waals surface area contributed by atoms with Gasteiger partial charge in [-0.1, -0.05) is 0 Å². The van der Waals surface area contributed by atoms with Crippen LogP contribution in [-0.2, 0) is 33.5 Å². The van der Waals surface area contributed by atoms with Crippen LogP contribution in [0.25, 0.3) is 0 Å². The molecule has 11 heteroatoms. The molecule has 0 radical (unpaired) electrons. The molecule has 0 fully saturated rings. The van der Waals surface area contributed by atoms with E-state index in [0.29, 0.717) is 45.9 Å². The predicted molar refractivity (Wildman–Crippen MR) is 117 cm³/mol. The Labute approximate surface area is 190 Å². The minimum atomic E-state index is -0.330. The lowest BCUT2D eigenvalue weighted by atomic mass is 10.1. The van der Waals surface area contributed by atoms with E-state index in [1.54, 1.807) is 12.2 Å². The molecule has 2 N–H and O–H groups in total. The highest BCUT2D eigenvalue weighted by Gasteiger charge is 2.22. The van der Waals surface area contributed by atoms with Crippen molar-refractivity contribution in [1.29, 1.82) is 0 Å². The molecule has 32 heavy (non-hydrogen) atoms. The topological polar surface area (TPSA) is 119 Å². The zero-order chi connectivity index (χ0) is 23.8. The Morgan fingerprint density at radius 1 is 1.06 bits per heavy atom. The van der Waals surface area contributed by atoms with Gasteiger partial charge in [0, 0.05) is 58.9 Å². The molecular weight excluding hydrogens is 420 g/mol. The lowest BCUT2D eigenvalue weighted by molar-refractivity contribution is -0.201. The Morgan fingerprint density at radius 2 is 1.69 bits per heavy atom. The zero-order valence-electron chi connectivity index (χ0n) is 19.7. The summed E-state index contributed by atoms with van der Waals surface area (Å²) < 4.78 is 16.2. The summed E-state index contributed by atoms with van der Waals surface area (Å²) in [6, 6.07) is 0. The number of hydrogen-bond acceptors (Lipinski definition) is 9. The standard InChI is InChI=1S/C21H38N4O7/c1-21(2,29-4)9-13-24(3)32-23-11-15-31-17-16-30-14-10-22-18(26)6-5-12-25-19(27)7-8-20(25)28/h7-8,23H,5-6,9-17H2,1-4H3,(H,22,26). The summed E-state index contributed by atoms with van der Waals surface area (Å²) in [4.78, 5) is 41.0. The maximum absolute atomic E-state index is 11.7. The number of ether oxygens (including phenoxy) is 3. The molecule has 0 bridgehead atoms. The number of nitrogens with zero attached hydrogens (tertiary/aromatic N) is 2. The molecule has 11 nitrogen and oxygen atoms in total. The molecule has 0 aromatic rings. The number of rotatable bonds is 19. The van der Waals surface area contributed by atoms with Crippen molar-refractivity contribution in [3.63, 3.8) is 0 Å². The molecule has 1 aliphatic rings. The van der Waals surface area contributed by atoms with Crippen molar-refractivity contribution >= 4 is 17.7 Å². The van der Waals surface area contributed by atoms with E-state index in [0.717, 1.165) is 17.9 Å². The third-order valence-electron chi connectivity index (χ3n) is 4.78. The first kappa shape index (κ1) is 28.1. The lowest BCUT2D eigenvalue weighted by Gasteiger charge is -2.25. The van der Waals surface area contributed by atoms with Crippen LogP contribution in [0.2, 0.25) is 0 Å². The van der Waals surface area contributed by atoms with E-state index < -0.39 is 0 Å². The smallest absolute Gasteiger partial charge is 0.253 e. The van der Waals surface area contributed by atoms with Gasteiger partial charge in [0.2, 0.25) is 5.91 Å². The third kappa shape index (κ3) is 12.8. The van der Waals surface area contributed by atoms with E-state index in [1.165, 1.54) is 12.2 Å². The molecule has 3 amide bonds. The normalized spacial score (nSPS) is 14.1. The maximum Gasteiger partial charge on any atom is 0.253 e. The first-order chi connectivity index (χ1) is 15.2. The molecule has 1 heterocycles. The van der Waals surface area contributed by atoms with Crippen LogP contribution in [0, 0.1) is 0 Å². The summed E-state index contributed by atoms with van der Waals surface area (Å²) in [7, 11) is 3.54. The monoisotopic (exact) mass is 458 g/mol. The Balaban J connectivity index is 1.85. The molecule has 0 aromatic carbocycles. The van der Waals surface area contributed by atoms with Gasteiger partial charge in [-0.25, -0.2) is 4.94 Å². The molecular formula is C21H38N4O7. The van der Waals surface area contributed by atoms with Crippen molar-refractivity contribution in [1.82, 2.24) is 20.8 Å². The Bertz CT molecular complexity index is 595. The quantitative estimate of drug-likeness (QED) is 0.157. The van der Waals surface area contributed by atoms with Gasteiger partial charge in [-0.3, -0.25) is 19.3 Å². The molecule has 0 unspecified atom stereocenters. The number of nitrogens with one attached hydrogen (secondary N) is 2. The molecule has 1 rings (SSSR count). The van der Waals surface area contributed by atoms with Crippen molar-refractivity contribution in [2.75, 3.05) is 66.8 Å². The first-order valence-corrected chi connectivity index (χ1v) is 10.9. The fourth-order valence-electron chi connectivity index (χ4n) is 2.57. The first-order valence-electron chi connectivity index (χ1n) is 10.9. The molecule has 1 aliphatic heterocycles. The van der Waals surface area contributed by atoms with Gasteiger partial charge in [-0.05, 0) is 26.7 Å². The zero-order valence-corrected chi connectivity index (χ0v) is 19.7. The predicted octanol–water partition coefficient (Wildman–Crippen LogP) is 0.0241. The van der Waals surface area contributed by atoms with E-state index in [4.69, 9.17) is 19.1 Å². The van der Waals surface area contributed by atoms with Gasteiger partial charge in [0.1, 0.15) is 0 Å². The van der Waals surface area contributed by atoms with Crippen LogP contribution in [0.1, 0.15) is 33.1 Å². The number of hydroxylamine groups is 3. The summed E-state index contributed by atoms with van der Waals surface area (Å²) in [5.74, 6) is -0.800. The number of methoxy groups -OCH3 is 1. The van der Waals surface area contributed by atoms with Crippen LogP contribution in [0.5, 0.6) is 0 Å². The van der Waals surface area contributed by atoms with Crippen LogP contribution < -0.4 is 10.8 Å². The van der Waals surface area contributed by atoms with Gasteiger partial charge in [0.25, 0.3) is 11.8 Å². The van der Waals surface area contributed by atoms with Crippen molar-refractivity contribution in [3.8, 4) is 0 Å². The van der Waals surface area contributed by atoms with Gasteiger partial charge >= 0.3 is 0 Å². The molecule has 0 aromatic heterocycles. The van der Waals surface area contributed by atoms with Gasteiger partial charge in [0.05, 0.1) is 32.0 Å². The molecule has 0 saturated carbocycles. The van der Waals surface area contributed by atoms with Crippen molar-refractivity contribution in [2.24, 2.45) is 0 Å².